The first-order chi connectivity index (χ1) is 14.0. The number of thiophene rings is 1. The largest absolute Gasteiger partial charge is 0.462 e. The molecule has 0 spiro atoms. The summed E-state index contributed by atoms with van der Waals surface area (Å²) < 4.78 is 6.42. The second kappa shape index (κ2) is 9.47. The molecule has 0 atom stereocenters. The van der Waals surface area contributed by atoms with Crippen LogP contribution >= 0.6 is 11.3 Å². The maximum Gasteiger partial charge on any atom is 0.339 e. The zero-order valence-electron chi connectivity index (χ0n) is 16.4. The molecule has 0 saturated carbocycles. The Morgan fingerprint density at radius 1 is 1.21 bits per heavy atom. The Morgan fingerprint density at radius 2 is 1.97 bits per heavy atom. The molecule has 0 aliphatic rings. The molecule has 152 valence electrons. The van der Waals surface area contributed by atoms with E-state index < -0.39 is 11.5 Å². The molecule has 2 aromatic heterocycles. The van der Waals surface area contributed by atoms with Crippen molar-refractivity contribution < 1.29 is 14.3 Å². The summed E-state index contributed by atoms with van der Waals surface area (Å²) in [6, 6.07) is 7.53. The molecule has 1 amide bonds. The summed E-state index contributed by atoms with van der Waals surface area (Å²) in [7, 11) is 0. The molecule has 2 heterocycles. The van der Waals surface area contributed by atoms with E-state index in [2.05, 4.69) is 17.2 Å². The van der Waals surface area contributed by atoms with E-state index in [1.54, 1.807) is 5.38 Å². The molecule has 29 heavy (non-hydrogen) atoms. The van der Waals surface area contributed by atoms with Crippen molar-refractivity contribution in [3.63, 3.8) is 0 Å². The minimum atomic E-state index is -0.540. The maximum atomic E-state index is 12.9. The predicted octanol–water partition coefficient (Wildman–Crippen LogP) is 3.62. The van der Waals surface area contributed by atoms with Gasteiger partial charge in [0.2, 0.25) is 5.91 Å². The Labute approximate surface area is 172 Å². The topological polar surface area (TPSA) is 90.3 Å². The SMILES string of the molecule is CCCCOC(=O)c1csc2ncn(CC(=O)Nc3ccc(CC)cc3)c(=O)c12. The van der Waals surface area contributed by atoms with E-state index in [9.17, 15) is 14.4 Å². The van der Waals surface area contributed by atoms with Crippen LogP contribution in [0.5, 0.6) is 0 Å². The Kier molecular flexibility index (Phi) is 6.77. The van der Waals surface area contributed by atoms with Crippen LogP contribution in [0, 0.1) is 0 Å². The van der Waals surface area contributed by atoms with Crippen LogP contribution in [0.25, 0.3) is 10.2 Å². The van der Waals surface area contributed by atoms with Crippen LogP contribution < -0.4 is 10.9 Å². The number of aromatic nitrogens is 2. The third-order valence-electron chi connectivity index (χ3n) is 4.47. The third kappa shape index (κ3) is 4.89. The van der Waals surface area contributed by atoms with Gasteiger partial charge in [-0.2, -0.15) is 0 Å². The van der Waals surface area contributed by atoms with Gasteiger partial charge in [0.1, 0.15) is 11.4 Å². The van der Waals surface area contributed by atoms with Crippen molar-refractivity contribution in [2.75, 3.05) is 11.9 Å². The number of hydrogen-bond acceptors (Lipinski definition) is 6. The van der Waals surface area contributed by atoms with Gasteiger partial charge in [-0.25, -0.2) is 9.78 Å². The zero-order valence-corrected chi connectivity index (χ0v) is 17.3. The highest BCUT2D eigenvalue weighted by molar-refractivity contribution is 7.17. The molecule has 3 aromatic rings. The fourth-order valence-corrected chi connectivity index (χ4v) is 3.66. The average Bonchev–Trinajstić information content (AvgIpc) is 3.16. The Balaban J connectivity index is 1.78. The van der Waals surface area contributed by atoms with Crippen LogP contribution in [-0.4, -0.2) is 28.0 Å². The van der Waals surface area contributed by atoms with E-state index >= 15 is 0 Å². The Hall–Kier alpha value is -3.00. The van der Waals surface area contributed by atoms with E-state index in [0.717, 1.165) is 19.3 Å². The number of esters is 1. The molecule has 3 rings (SSSR count). The lowest BCUT2D eigenvalue weighted by molar-refractivity contribution is -0.116. The Bertz CT molecular complexity index is 1070. The predicted molar refractivity (Wildman–Crippen MR) is 114 cm³/mol. The highest BCUT2D eigenvalue weighted by Crippen LogP contribution is 2.21. The van der Waals surface area contributed by atoms with Crippen molar-refractivity contribution in [1.82, 2.24) is 9.55 Å². The first-order valence-corrected chi connectivity index (χ1v) is 10.4. The minimum Gasteiger partial charge on any atom is -0.462 e. The maximum absolute atomic E-state index is 12.9. The van der Waals surface area contributed by atoms with Gasteiger partial charge in [0.25, 0.3) is 5.56 Å². The van der Waals surface area contributed by atoms with E-state index in [4.69, 9.17) is 4.74 Å². The number of aryl methyl sites for hydroxylation is 1. The summed E-state index contributed by atoms with van der Waals surface area (Å²) in [6.45, 7) is 4.17. The van der Waals surface area contributed by atoms with E-state index in [-0.39, 0.29) is 23.4 Å². The normalized spacial score (nSPS) is 10.8. The van der Waals surface area contributed by atoms with Gasteiger partial charge in [0.15, 0.2) is 0 Å². The highest BCUT2D eigenvalue weighted by atomic mass is 32.1. The van der Waals surface area contributed by atoms with Crippen LogP contribution in [0.4, 0.5) is 5.69 Å². The summed E-state index contributed by atoms with van der Waals surface area (Å²) in [6.07, 6.45) is 3.91. The molecule has 0 aliphatic carbocycles. The molecule has 1 N–H and O–H groups in total. The number of carbonyl (C=O) groups excluding carboxylic acids is 2. The number of hydrogen-bond donors (Lipinski definition) is 1. The number of ether oxygens (including phenoxy) is 1. The number of anilines is 1. The van der Waals surface area contributed by atoms with Crippen LogP contribution in [0.15, 0.2) is 40.8 Å². The molecule has 8 heteroatoms. The quantitative estimate of drug-likeness (QED) is 0.450. The second-order valence-electron chi connectivity index (χ2n) is 6.60. The average molecular weight is 413 g/mol. The number of carbonyl (C=O) groups is 2. The van der Waals surface area contributed by atoms with Gasteiger partial charge in [0.05, 0.1) is 23.9 Å². The first-order valence-electron chi connectivity index (χ1n) is 9.56. The van der Waals surface area contributed by atoms with Gasteiger partial charge in [-0.3, -0.25) is 14.2 Å². The summed E-state index contributed by atoms with van der Waals surface area (Å²) in [4.78, 5) is 42.2. The van der Waals surface area contributed by atoms with Crippen molar-refractivity contribution in [2.45, 2.75) is 39.7 Å². The molecule has 0 saturated heterocycles. The van der Waals surface area contributed by atoms with Crippen molar-refractivity contribution in [2.24, 2.45) is 0 Å². The van der Waals surface area contributed by atoms with E-state index in [0.29, 0.717) is 17.1 Å². The van der Waals surface area contributed by atoms with E-state index in [1.165, 1.54) is 27.8 Å². The fourth-order valence-electron chi connectivity index (χ4n) is 2.80. The lowest BCUT2D eigenvalue weighted by Gasteiger charge is -2.08. The number of nitrogens with zero attached hydrogens (tertiary/aromatic N) is 2. The number of unbranched alkanes of at least 4 members (excludes halogenated alkanes) is 1. The van der Waals surface area contributed by atoms with Crippen LogP contribution in [0.2, 0.25) is 0 Å². The summed E-state index contributed by atoms with van der Waals surface area (Å²) in [5.74, 6) is -0.887. The third-order valence-corrected chi connectivity index (χ3v) is 5.36. The molecule has 0 radical (unpaired) electrons. The van der Waals surface area contributed by atoms with Gasteiger partial charge in [-0.05, 0) is 30.5 Å². The van der Waals surface area contributed by atoms with Crippen LogP contribution in [-0.2, 0) is 22.5 Å². The lowest BCUT2D eigenvalue weighted by Crippen LogP contribution is -2.28. The molecule has 0 unspecified atom stereocenters. The molecule has 0 bridgehead atoms. The van der Waals surface area contributed by atoms with Crippen LogP contribution in [0.3, 0.4) is 0 Å². The smallest absolute Gasteiger partial charge is 0.339 e. The summed E-state index contributed by atoms with van der Waals surface area (Å²) in [5.41, 5.74) is 1.59. The molecular formula is C21H23N3O4S. The number of nitrogens with one attached hydrogen (secondary N) is 1. The molecule has 7 nitrogen and oxygen atoms in total. The van der Waals surface area contributed by atoms with Gasteiger partial charge in [-0.1, -0.05) is 32.4 Å². The van der Waals surface area contributed by atoms with Gasteiger partial charge in [0, 0.05) is 11.1 Å². The van der Waals surface area contributed by atoms with Gasteiger partial charge >= 0.3 is 5.97 Å². The number of fused-ring (bicyclic) bond motifs is 1. The van der Waals surface area contributed by atoms with Crippen molar-refractivity contribution >= 4 is 39.1 Å². The summed E-state index contributed by atoms with van der Waals surface area (Å²) in [5, 5.41) is 4.54. The second-order valence-corrected chi connectivity index (χ2v) is 7.45. The molecular weight excluding hydrogens is 390 g/mol. The molecule has 1 aromatic carbocycles. The van der Waals surface area contributed by atoms with Crippen molar-refractivity contribution in [3.8, 4) is 0 Å². The van der Waals surface area contributed by atoms with Gasteiger partial charge < -0.3 is 10.1 Å². The minimum absolute atomic E-state index is 0.194. The highest BCUT2D eigenvalue weighted by Gasteiger charge is 2.19. The first kappa shape index (κ1) is 20.7. The molecule has 0 fully saturated rings. The lowest BCUT2D eigenvalue weighted by atomic mass is 10.1. The van der Waals surface area contributed by atoms with E-state index in [1.807, 2.05) is 31.2 Å². The Morgan fingerprint density at radius 3 is 2.66 bits per heavy atom. The molecule has 0 aliphatic heterocycles. The van der Waals surface area contributed by atoms with Crippen molar-refractivity contribution in [1.29, 1.82) is 0 Å². The van der Waals surface area contributed by atoms with Crippen LogP contribution in [0.1, 0.15) is 42.6 Å². The van der Waals surface area contributed by atoms with Gasteiger partial charge in [-0.15, -0.1) is 11.3 Å². The standard InChI is InChI=1S/C21H23N3O4S/c1-3-5-10-28-21(27)16-12-29-19-18(16)20(26)24(13-22-19)11-17(25)23-15-8-6-14(4-2)7-9-15/h6-9,12-13H,3-5,10-11H2,1-2H3,(H,23,25). The zero-order chi connectivity index (χ0) is 20.8. The summed E-state index contributed by atoms with van der Waals surface area (Å²) >= 11 is 1.20. The van der Waals surface area contributed by atoms with Crippen molar-refractivity contribution in [3.05, 3.63) is 57.5 Å². The number of amides is 1. The monoisotopic (exact) mass is 413 g/mol. The fraction of sp³-hybridized carbons (Fsp3) is 0.333. The number of rotatable bonds is 8. The number of benzene rings is 1.